The molecule has 1 aromatic heterocycles. The standard InChI is InChI=1S/C24H22N2O/c27-15-12-22-21-9-8-18-17-5-2-1-4-16(17)6-7-19(18)20(21)10-11-23(22)24-25-13-3-14-26-24/h1-9,13-14,22-23,27H,10-12,15H2. The lowest BCUT2D eigenvalue weighted by Crippen LogP contribution is -2.22. The normalized spacial score (nSPS) is 19.3. The molecular weight excluding hydrogens is 332 g/mol. The molecule has 0 spiro atoms. The molecule has 27 heavy (non-hydrogen) atoms. The fraction of sp³-hybridized carbons (Fsp3) is 0.250. The summed E-state index contributed by atoms with van der Waals surface area (Å²) >= 11 is 0. The SMILES string of the molecule is OCCC1c2ccc3c(ccc4ccccc43)c2CCC1c1ncccn1. The van der Waals surface area contributed by atoms with Gasteiger partial charge in [-0.25, -0.2) is 9.97 Å². The molecule has 0 aliphatic heterocycles. The Hall–Kier alpha value is -2.78. The first-order valence-electron chi connectivity index (χ1n) is 9.68. The molecule has 0 fully saturated rings. The number of nitrogens with zero attached hydrogens (tertiary/aromatic N) is 2. The number of fused-ring (bicyclic) bond motifs is 5. The molecule has 1 N–H and O–H groups in total. The van der Waals surface area contributed by atoms with Crippen LogP contribution in [0.3, 0.4) is 0 Å². The van der Waals surface area contributed by atoms with Gasteiger partial charge < -0.3 is 5.11 Å². The molecule has 0 amide bonds. The number of aliphatic hydroxyl groups excluding tert-OH is 1. The molecule has 5 rings (SSSR count). The van der Waals surface area contributed by atoms with E-state index in [2.05, 4.69) is 58.5 Å². The van der Waals surface area contributed by atoms with Crippen molar-refractivity contribution in [1.29, 1.82) is 0 Å². The third-order valence-electron chi connectivity index (χ3n) is 6.02. The first kappa shape index (κ1) is 16.4. The smallest absolute Gasteiger partial charge is 0.131 e. The van der Waals surface area contributed by atoms with E-state index < -0.39 is 0 Å². The molecule has 0 saturated heterocycles. The van der Waals surface area contributed by atoms with Crippen LogP contribution in [0.5, 0.6) is 0 Å². The van der Waals surface area contributed by atoms with Gasteiger partial charge in [0.25, 0.3) is 0 Å². The molecule has 2 unspecified atom stereocenters. The molecule has 0 bridgehead atoms. The lowest BCUT2D eigenvalue weighted by molar-refractivity contribution is 0.260. The highest BCUT2D eigenvalue weighted by Gasteiger charge is 2.32. The van der Waals surface area contributed by atoms with E-state index in [0.29, 0.717) is 0 Å². The van der Waals surface area contributed by atoms with Crippen LogP contribution in [0.2, 0.25) is 0 Å². The summed E-state index contributed by atoms with van der Waals surface area (Å²) in [6.07, 6.45) is 6.43. The maximum Gasteiger partial charge on any atom is 0.131 e. The number of aromatic nitrogens is 2. The lowest BCUT2D eigenvalue weighted by atomic mass is 9.72. The zero-order chi connectivity index (χ0) is 18.2. The molecule has 1 heterocycles. The van der Waals surface area contributed by atoms with Gasteiger partial charge in [0.2, 0.25) is 0 Å². The van der Waals surface area contributed by atoms with Gasteiger partial charge in [0, 0.05) is 24.9 Å². The lowest BCUT2D eigenvalue weighted by Gasteiger charge is -2.33. The minimum Gasteiger partial charge on any atom is -0.396 e. The Labute approximate surface area is 158 Å². The first-order valence-corrected chi connectivity index (χ1v) is 9.68. The van der Waals surface area contributed by atoms with Gasteiger partial charge in [-0.15, -0.1) is 0 Å². The van der Waals surface area contributed by atoms with E-state index in [-0.39, 0.29) is 18.4 Å². The van der Waals surface area contributed by atoms with Gasteiger partial charge in [0.15, 0.2) is 0 Å². The monoisotopic (exact) mass is 354 g/mol. The van der Waals surface area contributed by atoms with E-state index in [1.807, 2.05) is 18.5 Å². The highest BCUT2D eigenvalue weighted by Crippen LogP contribution is 2.45. The molecule has 2 atom stereocenters. The summed E-state index contributed by atoms with van der Waals surface area (Å²) in [5, 5.41) is 15.0. The summed E-state index contributed by atoms with van der Waals surface area (Å²) in [5.41, 5.74) is 2.79. The fourth-order valence-corrected chi connectivity index (χ4v) is 4.82. The number of rotatable bonds is 3. The second-order valence-electron chi connectivity index (χ2n) is 7.39. The number of aliphatic hydroxyl groups is 1. The Morgan fingerprint density at radius 2 is 1.67 bits per heavy atom. The second kappa shape index (κ2) is 6.75. The Morgan fingerprint density at radius 3 is 2.52 bits per heavy atom. The molecule has 3 nitrogen and oxygen atoms in total. The van der Waals surface area contributed by atoms with Crippen LogP contribution in [0.4, 0.5) is 0 Å². The van der Waals surface area contributed by atoms with Crippen LogP contribution >= 0.6 is 0 Å². The van der Waals surface area contributed by atoms with Crippen molar-refractivity contribution in [2.45, 2.75) is 31.1 Å². The van der Waals surface area contributed by atoms with Gasteiger partial charge >= 0.3 is 0 Å². The summed E-state index contributed by atoms with van der Waals surface area (Å²) in [7, 11) is 0. The van der Waals surface area contributed by atoms with Crippen molar-refractivity contribution in [3.8, 4) is 0 Å². The molecule has 0 radical (unpaired) electrons. The van der Waals surface area contributed by atoms with E-state index in [1.165, 1.54) is 32.7 Å². The summed E-state index contributed by atoms with van der Waals surface area (Å²) in [4.78, 5) is 9.04. The highest BCUT2D eigenvalue weighted by molar-refractivity contribution is 6.08. The number of hydrogen-bond acceptors (Lipinski definition) is 3. The summed E-state index contributed by atoms with van der Waals surface area (Å²) in [6.45, 7) is 0.184. The van der Waals surface area contributed by atoms with Crippen molar-refractivity contribution in [2.75, 3.05) is 6.61 Å². The summed E-state index contributed by atoms with van der Waals surface area (Å²) in [6, 6.07) is 19.5. The minimum atomic E-state index is 0.184. The molecular formula is C24H22N2O. The molecule has 3 aromatic carbocycles. The largest absolute Gasteiger partial charge is 0.396 e. The number of aryl methyl sites for hydroxylation is 1. The summed E-state index contributed by atoms with van der Waals surface area (Å²) < 4.78 is 0. The van der Waals surface area contributed by atoms with Crippen molar-refractivity contribution < 1.29 is 5.11 Å². The van der Waals surface area contributed by atoms with E-state index >= 15 is 0 Å². The van der Waals surface area contributed by atoms with E-state index in [1.54, 1.807) is 0 Å². The van der Waals surface area contributed by atoms with Crippen LogP contribution in [0.1, 0.15) is 41.6 Å². The van der Waals surface area contributed by atoms with Gasteiger partial charge in [-0.2, -0.15) is 0 Å². The maximum absolute atomic E-state index is 9.72. The Bertz CT molecular complexity index is 1110. The maximum atomic E-state index is 9.72. The van der Waals surface area contributed by atoms with Crippen molar-refractivity contribution in [1.82, 2.24) is 9.97 Å². The van der Waals surface area contributed by atoms with Crippen LogP contribution in [0, 0.1) is 0 Å². The van der Waals surface area contributed by atoms with Gasteiger partial charge in [-0.3, -0.25) is 0 Å². The fourth-order valence-electron chi connectivity index (χ4n) is 4.82. The van der Waals surface area contributed by atoms with Crippen LogP contribution in [-0.4, -0.2) is 21.7 Å². The Kier molecular flexibility index (Phi) is 4.10. The van der Waals surface area contributed by atoms with Crippen molar-refractivity contribution >= 4 is 21.5 Å². The average molecular weight is 354 g/mol. The van der Waals surface area contributed by atoms with E-state index in [9.17, 15) is 5.11 Å². The highest BCUT2D eigenvalue weighted by atomic mass is 16.3. The van der Waals surface area contributed by atoms with Crippen molar-refractivity contribution in [3.05, 3.63) is 83.9 Å². The van der Waals surface area contributed by atoms with Gasteiger partial charge in [-0.05, 0) is 63.9 Å². The molecule has 4 aromatic rings. The Balaban J connectivity index is 1.69. The zero-order valence-electron chi connectivity index (χ0n) is 15.2. The van der Waals surface area contributed by atoms with Crippen molar-refractivity contribution in [3.63, 3.8) is 0 Å². The third kappa shape index (κ3) is 2.70. The van der Waals surface area contributed by atoms with Crippen molar-refractivity contribution in [2.24, 2.45) is 0 Å². The van der Waals surface area contributed by atoms with Crippen LogP contribution < -0.4 is 0 Å². The number of benzene rings is 3. The van der Waals surface area contributed by atoms with Crippen LogP contribution in [-0.2, 0) is 6.42 Å². The second-order valence-corrected chi connectivity index (χ2v) is 7.39. The number of hydrogen-bond donors (Lipinski definition) is 1. The molecule has 3 heteroatoms. The molecule has 1 aliphatic carbocycles. The van der Waals surface area contributed by atoms with E-state index in [0.717, 1.165) is 25.1 Å². The average Bonchev–Trinajstić information content (AvgIpc) is 2.74. The minimum absolute atomic E-state index is 0.184. The molecule has 1 aliphatic rings. The van der Waals surface area contributed by atoms with Gasteiger partial charge in [0.1, 0.15) is 5.82 Å². The predicted octanol–water partition coefficient (Wildman–Crippen LogP) is 4.98. The Morgan fingerprint density at radius 1 is 0.852 bits per heavy atom. The first-order chi connectivity index (χ1) is 13.4. The van der Waals surface area contributed by atoms with Crippen LogP contribution in [0.25, 0.3) is 21.5 Å². The quantitative estimate of drug-likeness (QED) is 0.528. The van der Waals surface area contributed by atoms with Gasteiger partial charge in [-0.1, -0.05) is 48.5 Å². The van der Waals surface area contributed by atoms with Crippen LogP contribution in [0.15, 0.2) is 67.0 Å². The molecule has 134 valence electrons. The topological polar surface area (TPSA) is 46.0 Å². The third-order valence-corrected chi connectivity index (χ3v) is 6.02. The predicted molar refractivity (Wildman–Crippen MR) is 109 cm³/mol. The zero-order valence-corrected chi connectivity index (χ0v) is 15.2. The molecule has 0 saturated carbocycles. The van der Waals surface area contributed by atoms with Gasteiger partial charge in [0.05, 0.1) is 0 Å². The van der Waals surface area contributed by atoms with E-state index in [4.69, 9.17) is 0 Å². The summed E-state index contributed by atoms with van der Waals surface area (Å²) in [5.74, 6) is 1.43.